The second kappa shape index (κ2) is 11.7. The summed E-state index contributed by atoms with van der Waals surface area (Å²) in [6.45, 7) is 7.28. The number of H-pyrrole nitrogens is 1. The molecule has 2 atom stereocenters. The van der Waals surface area contributed by atoms with Crippen molar-refractivity contribution in [2.45, 2.75) is 62.0 Å². The van der Waals surface area contributed by atoms with Gasteiger partial charge in [-0.15, -0.1) is 11.3 Å². The number of carbonyl (C=O) groups is 1. The van der Waals surface area contributed by atoms with Gasteiger partial charge in [0.25, 0.3) is 15.9 Å². The van der Waals surface area contributed by atoms with Gasteiger partial charge in [0.1, 0.15) is 5.03 Å². The average molecular weight is 649 g/mol. The molecule has 1 spiro atoms. The summed E-state index contributed by atoms with van der Waals surface area (Å²) in [7, 11) is -3.82. The maximum Gasteiger partial charge on any atom is 0.283 e. The lowest BCUT2D eigenvalue weighted by Crippen LogP contribution is -2.57. The quantitative estimate of drug-likeness (QED) is 0.419. The van der Waals surface area contributed by atoms with E-state index in [4.69, 9.17) is 26.1 Å². The molecule has 4 aliphatic heterocycles. The molecular formula is C29H37ClN6O5S2. The number of fused-ring (bicyclic) bond motifs is 2. The van der Waals surface area contributed by atoms with Crippen LogP contribution in [-0.2, 0) is 32.5 Å². The molecule has 0 saturated carbocycles. The minimum absolute atomic E-state index is 0.111. The summed E-state index contributed by atoms with van der Waals surface area (Å²) < 4.78 is 41.0. The first kappa shape index (κ1) is 29.6. The summed E-state index contributed by atoms with van der Waals surface area (Å²) in [5.74, 6) is -0.561. The number of carbonyl (C=O) groups excluding carboxylic acids is 1. The molecule has 0 radical (unpaired) electrons. The summed E-state index contributed by atoms with van der Waals surface area (Å²) in [4.78, 5) is 27.1. The third-order valence-electron chi connectivity index (χ3n) is 9.16. The van der Waals surface area contributed by atoms with Gasteiger partial charge in [-0.3, -0.25) is 4.79 Å². The molecule has 2 N–H and O–H groups in total. The van der Waals surface area contributed by atoms with Crippen molar-refractivity contribution in [1.29, 1.82) is 0 Å². The highest BCUT2D eigenvalue weighted by Gasteiger charge is 2.41. The van der Waals surface area contributed by atoms with Crippen molar-refractivity contribution < 1.29 is 22.7 Å². The second-order valence-electron chi connectivity index (χ2n) is 12.0. The summed E-state index contributed by atoms with van der Waals surface area (Å²) in [5, 5.41) is 5.36. The number of aromatic nitrogens is 2. The number of likely N-dealkylation sites (tertiary alicyclic amines) is 1. The summed E-state index contributed by atoms with van der Waals surface area (Å²) in [6.07, 6.45) is 3.07. The molecule has 1 aromatic carbocycles. The van der Waals surface area contributed by atoms with Crippen LogP contribution in [0.4, 0.5) is 0 Å². The number of aromatic amines is 1. The van der Waals surface area contributed by atoms with Gasteiger partial charge in [-0.1, -0.05) is 11.6 Å². The van der Waals surface area contributed by atoms with E-state index in [2.05, 4.69) is 22.1 Å². The lowest BCUT2D eigenvalue weighted by atomic mass is 10.0. The van der Waals surface area contributed by atoms with Crippen molar-refractivity contribution in [2.75, 3.05) is 52.5 Å². The van der Waals surface area contributed by atoms with Crippen LogP contribution in [0.15, 0.2) is 29.3 Å². The van der Waals surface area contributed by atoms with Crippen molar-refractivity contribution in [3.8, 4) is 0 Å². The number of sulfonamides is 1. The number of hydrogen-bond acceptors (Lipinski definition) is 9. The summed E-state index contributed by atoms with van der Waals surface area (Å²) >= 11 is 7.60. The van der Waals surface area contributed by atoms with E-state index in [1.54, 1.807) is 24.3 Å². The molecular weight excluding hydrogens is 612 g/mol. The predicted molar refractivity (Wildman–Crippen MR) is 164 cm³/mol. The van der Waals surface area contributed by atoms with E-state index in [1.165, 1.54) is 15.6 Å². The zero-order valence-electron chi connectivity index (χ0n) is 24.2. The highest BCUT2D eigenvalue weighted by molar-refractivity contribution is 7.89. The predicted octanol–water partition coefficient (Wildman–Crippen LogP) is 3.06. The largest absolute Gasteiger partial charge is 0.347 e. The van der Waals surface area contributed by atoms with Gasteiger partial charge in [-0.2, -0.15) is 4.31 Å². The molecule has 4 aliphatic rings. The van der Waals surface area contributed by atoms with Crippen molar-refractivity contribution in [3.05, 3.63) is 44.9 Å². The highest BCUT2D eigenvalue weighted by atomic mass is 35.5. The van der Waals surface area contributed by atoms with Crippen molar-refractivity contribution >= 4 is 49.8 Å². The first-order chi connectivity index (χ1) is 20.7. The standard InChI is InChI=1S/C29H37ClN6O5S2/c1-19-14-24-25(17-31-19)42-27(33-24)28(37)36-11-10-35(43(38,39)26-16-20-15-21(30)2-3-23(20)32-26)18-22(36)4-7-34-8-5-29(6-9-34)40-12-13-41-29/h2-3,15-16,19,22,31-32H,4-14,17-18H2,1H3. The van der Waals surface area contributed by atoms with Crippen molar-refractivity contribution in [2.24, 2.45) is 0 Å². The van der Waals surface area contributed by atoms with E-state index in [0.29, 0.717) is 47.8 Å². The second-order valence-corrected chi connectivity index (χ2v) is 15.4. The zero-order valence-corrected chi connectivity index (χ0v) is 26.6. The number of amides is 1. The number of nitrogens with one attached hydrogen (secondary N) is 2. The molecule has 11 nitrogen and oxygen atoms in total. The van der Waals surface area contributed by atoms with Gasteiger partial charge in [-0.25, -0.2) is 13.4 Å². The number of halogens is 1. The minimum Gasteiger partial charge on any atom is -0.347 e. The molecule has 7 rings (SSSR count). The molecule has 2 aromatic heterocycles. The molecule has 14 heteroatoms. The fourth-order valence-electron chi connectivity index (χ4n) is 6.67. The highest BCUT2D eigenvalue weighted by Crippen LogP contribution is 2.32. The maximum atomic E-state index is 13.9. The maximum absolute atomic E-state index is 13.9. The Kier molecular flexibility index (Phi) is 8.04. The average Bonchev–Trinajstić information content (AvgIpc) is 3.75. The number of ether oxygens (including phenoxy) is 2. The molecule has 3 saturated heterocycles. The molecule has 3 fully saturated rings. The summed E-state index contributed by atoms with van der Waals surface area (Å²) in [6, 6.07) is 6.93. The Bertz CT molecular complexity index is 1610. The van der Waals surface area contributed by atoms with E-state index in [0.717, 1.165) is 61.4 Å². The smallest absolute Gasteiger partial charge is 0.283 e. The van der Waals surface area contributed by atoms with Crippen LogP contribution in [-0.4, -0.2) is 109 Å². The molecule has 2 unspecified atom stereocenters. The van der Waals surface area contributed by atoms with E-state index >= 15 is 0 Å². The topological polar surface area (TPSA) is 120 Å². The van der Waals surface area contributed by atoms with Crippen LogP contribution in [0.2, 0.25) is 5.02 Å². The number of rotatable bonds is 6. The van der Waals surface area contributed by atoms with Crippen molar-refractivity contribution in [3.63, 3.8) is 0 Å². The molecule has 3 aromatic rings. The number of thiazole rings is 1. The van der Waals surface area contributed by atoms with E-state index in [1.807, 2.05) is 4.90 Å². The summed E-state index contributed by atoms with van der Waals surface area (Å²) in [5.41, 5.74) is 1.71. The van der Waals surface area contributed by atoms with Gasteiger partial charge in [0.15, 0.2) is 10.8 Å². The van der Waals surface area contributed by atoms with Gasteiger partial charge < -0.3 is 29.6 Å². The molecule has 1 amide bonds. The minimum atomic E-state index is -3.82. The van der Waals surface area contributed by atoms with Crippen LogP contribution >= 0.6 is 22.9 Å². The lowest BCUT2D eigenvalue weighted by molar-refractivity contribution is -0.185. The van der Waals surface area contributed by atoms with Gasteiger partial charge in [0.05, 0.1) is 18.9 Å². The third-order valence-corrected chi connectivity index (χ3v) is 12.3. The normalized spacial score (nSPS) is 25.0. The van der Waals surface area contributed by atoms with Crippen LogP contribution in [0, 0.1) is 0 Å². The molecule has 232 valence electrons. The fraction of sp³-hybridized carbons (Fsp3) is 0.586. The molecule has 0 bridgehead atoms. The number of piperazine rings is 1. The zero-order chi connectivity index (χ0) is 29.8. The number of hydrogen-bond donors (Lipinski definition) is 2. The number of piperidine rings is 1. The Morgan fingerprint density at radius 3 is 2.74 bits per heavy atom. The van der Waals surface area contributed by atoms with Gasteiger partial charge in [0, 0.05) is 98.0 Å². The van der Waals surface area contributed by atoms with E-state index in [-0.39, 0.29) is 30.1 Å². The molecule has 43 heavy (non-hydrogen) atoms. The van der Waals surface area contributed by atoms with Crippen LogP contribution < -0.4 is 5.32 Å². The first-order valence-corrected chi connectivity index (χ1v) is 17.6. The SMILES string of the molecule is CC1Cc2nc(C(=O)N3CCN(S(=O)(=O)c4cc5cc(Cl)ccc5[nH]4)CC3CCN3CCC4(CC3)OCCO4)sc2CN1. The van der Waals surface area contributed by atoms with Crippen molar-refractivity contribution in [1.82, 2.24) is 29.4 Å². The monoisotopic (exact) mass is 648 g/mol. The van der Waals surface area contributed by atoms with E-state index in [9.17, 15) is 13.2 Å². The van der Waals surface area contributed by atoms with Gasteiger partial charge >= 0.3 is 0 Å². The Hall–Kier alpha value is -2.10. The first-order valence-electron chi connectivity index (χ1n) is 15.0. The van der Waals surface area contributed by atoms with E-state index < -0.39 is 15.8 Å². The third kappa shape index (κ3) is 5.86. The van der Waals surface area contributed by atoms with Crippen LogP contribution in [0.5, 0.6) is 0 Å². The Morgan fingerprint density at radius 2 is 1.95 bits per heavy atom. The Morgan fingerprint density at radius 1 is 1.16 bits per heavy atom. The fourth-order valence-corrected chi connectivity index (χ4v) is 9.33. The van der Waals surface area contributed by atoms with Crippen LogP contribution in [0.3, 0.4) is 0 Å². The Balaban J connectivity index is 1.10. The Labute approximate surface area is 260 Å². The lowest BCUT2D eigenvalue weighted by Gasteiger charge is -2.42. The van der Waals surface area contributed by atoms with Gasteiger partial charge in [-0.05, 0) is 37.6 Å². The number of benzene rings is 1. The number of nitrogens with zero attached hydrogens (tertiary/aromatic N) is 4. The van der Waals surface area contributed by atoms with Crippen LogP contribution in [0.1, 0.15) is 46.6 Å². The van der Waals surface area contributed by atoms with Crippen LogP contribution in [0.25, 0.3) is 10.9 Å². The van der Waals surface area contributed by atoms with Gasteiger partial charge in [0.2, 0.25) is 0 Å². The molecule has 0 aliphatic carbocycles. The molecule has 6 heterocycles.